The van der Waals surface area contributed by atoms with Crippen LogP contribution in [-0.4, -0.2) is 59.2 Å². The molecule has 1 aliphatic heterocycles. The summed E-state index contributed by atoms with van der Waals surface area (Å²) in [6.07, 6.45) is -11.8. The van der Waals surface area contributed by atoms with E-state index in [1.165, 1.54) is 26.0 Å². The van der Waals surface area contributed by atoms with Gasteiger partial charge >= 0.3 is 24.3 Å². The summed E-state index contributed by atoms with van der Waals surface area (Å²) >= 11 is 3.06. The zero-order valence-corrected chi connectivity index (χ0v) is 18.7. The number of halogens is 7. The van der Waals surface area contributed by atoms with Crippen molar-refractivity contribution in [1.82, 2.24) is 5.32 Å². The van der Waals surface area contributed by atoms with Gasteiger partial charge in [0.2, 0.25) is 11.4 Å². The Bertz CT molecular complexity index is 831. The molecule has 2 rings (SSSR count). The van der Waals surface area contributed by atoms with Gasteiger partial charge in [-0.25, -0.2) is 5.32 Å². The molecule has 0 aliphatic carbocycles. The highest BCUT2D eigenvalue weighted by molar-refractivity contribution is 9.10. The van der Waals surface area contributed by atoms with E-state index in [1.54, 1.807) is 0 Å². The Balaban J connectivity index is 2.95. The second-order valence-electron chi connectivity index (χ2n) is 7.19. The van der Waals surface area contributed by atoms with Crippen LogP contribution in [0.2, 0.25) is 0 Å². The van der Waals surface area contributed by atoms with Gasteiger partial charge in [-0.05, 0) is 31.5 Å². The maximum absolute atomic E-state index is 14.0. The molecule has 0 radical (unpaired) electrons. The molecule has 1 aromatic rings. The van der Waals surface area contributed by atoms with E-state index in [0.717, 1.165) is 17.4 Å². The maximum Gasteiger partial charge on any atom is 0.432 e. The molecule has 0 aromatic heterocycles. The van der Waals surface area contributed by atoms with Gasteiger partial charge in [0.1, 0.15) is 11.8 Å². The first-order valence-corrected chi connectivity index (χ1v) is 10.3. The molecule has 186 valence electrons. The Morgan fingerprint density at radius 1 is 0.909 bits per heavy atom. The van der Waals surface area contributed by atoms with E-state index in [0.29, 0.717) is 4.47 Å². The van der Waals surface area contributed by atoms with E-state index < -0.39 is 66.7 Å². The highest BCUT2D eigenvalue weighted by atomic mass is 79.9. The zero-order chi connectivity index (χ0) is 25.4. The number of piperidine rings is 1. The second-order valence-corrected chi connectivity index (χ2v) is 8.11. The Labute approximate surface area is 192 Å². The lowest BCUT2D eigenvalue weighted by molar-refractivity contribution is -0.376. The van der Waals surface area contributed by atoms with E-state index in [4.69, 9.17) is 0 Å². The van der Waals surface area contributed by atoms with Crippen LogP contribution >= 0.6 is 15.9 Å². The van der Waals surface area contributed by atoms with Gasteiger partial charge in [-0.1, -0.05) is 28.1 Å². The third kappa shape index (κ3) is 4.84. The highest BCUT2D eigenvalue weighted by Gasteiger charge is 2.78. The molecule has 1 aliphatic rings. The number of carbonyl (C=O) groups excluding carboxylic acids is 2. The van der Waals surface area contributed by atoms with Crippen molar-refractivity contribution < 1.29 is 55.6 Å². The number of aliphatic hydroxyl groups is 2. The number of nitrogens with one attached hydrogen (secondary N) is 1. The topological polar surface area (TPSA) is 105 Å². The summed E-state index contributed by atoms with van der Waals surface area (Å²) in [5.74, 6) is -11.5. The van der Waals surface area contributed by atoms with Crippen LogP contribution in [0.15, 0.2) is 28.7 Å². The number of esters is 2. The van der Waals surface area contributed by atoms with Crippen molar-refractivity contribution in [3.8, 4) is 0 Å². The number of carbonyl (C=O) groups is 2. The minimum absolute atomic E-state index is 0.373. The molecule has 1 heterocycles. The molecule has 1 aromatic carbocycles. The number of alkyl halides is 6. The molecule has 14 heteroatoms. The Kier molecular flexibility index (Phi) is 7.78. The molecule has 5 atom stereocenters. The molecule has 33 heavy (non-hydrogen) atoms. The smallest absolute Gasteiger partial charge is 0.432 e. The van der Waals surface area contributed by atoms with Crippen molar-refractivity contribution >= 4 is 27.9 Å². The fourth-order valence-electron chi connectivity index (χ4n) is 3.82. The van der Waals surface area contributed by atoms with Crippen molar-refractivity contribution in [3.63, 3.8) is 0 Å². The first-order chi connectivity index (χ1) is 15.0. The molecule has 0 amide bonds. The van der Waals surface area contributed by atoms with Crippen molar-refractivity contribution in [2.24, 2.45) is 11.8 Å². The van der Waals surface area contributed by atoms with Gasteiger partial charge in [-0.3, -0.25) is 9.59 Å². The molecule has 1 unspecified atom stereocenters. The summed E-state index contributed by atoms with van der Waals surface area (Å²) in [6, 6.07) is 4.57. The average molecular weight is 552 g/mol. The van der Waals surface area contributed by atoms with E-state index in [9.17, 15) is 46.1 Å². The van der Waals surface area contributed by atoms with Crippen LogP contribution < -0.4 is 5.32 Å². The van der Waals surface area contributed by atoms with Gasteiger partial charge < -0.3 is 19.7 Å². The third-order valence-corrected chi connectivity index (χ3v) is 5.73. The maximum atomic E-state index is 14.0. The fraction of sp³-hybridized carbons (Fsp3) is 0.579. The minimum atomic E-state index is -5.92. The van der Waals surface area contributed by atoms with Gasteiger partial charge in [0, 0.05) is 10.4 Å². The molecule has 1 fully saturated rings. The van der Waals surface area contributed by atoms with Crippen LogP contribution in [0, 0.1) is 11.8 Å². The summed E-state index contributed by atoms with van der Waals surface area (Å²) in [7, 11) is 0. The Morgan fingerprint density at radius 3 is 1.58 bits per heavy atom. The van der Waals surface area contributed by atoms with Crippen LogP contribution in [0.25, 0.3) is 0 Å². The molecular formula is C19H20BrF6NO6. The minimum Gasteiger partial charge on any atom is -0.466 e. The van der Waals surface area contributed by atoms with Gasteiger partial charge in [-0.15, -0.1) is 0 Å². The summed E-state index contributed by atoms with van der Waals surface area (Å²) < 4.78 is 93.7. The van der Waals surface area contributed by atoms with E-state index in [-0.39, 0.29) is 5.56 Å². The molecule has 3 N–H and O–H groups in total. The van der Waals surface area contributed by atoms with Crippen LogP contribution in [0.1, 0.15) is 25.3 Å². The van der Waals surface area contributed by atoms with Crippen molar-refractivity contribution in [2.45, 2.75) is 43.6 Å². The normalized spacial score (nSPS) is 30.6. The standard InChI is InChI=1S/C19H20BrF6NO6/c1-3-32-14(28)12-11(9-5-7-10(20)8-6-9)13(15(29)33-4-2)17(31,19(24,25)26)27-16(12,30)18(21,22)23/h5-8,11-13,27,30-31H,3-4H2,1-2H3/t11?,12-,13+,16-,17+. The number of hydrogen-bond acceptors (Lipinski definition) is 7. The molecular weight excluding hydrogens is 532 g/mol. The van der Waals surface area contributed by atoms with E-state index >= 15 is 0 Å². The van der Waals surface area contributed by atoms with Crippen LogP contribution in [0.5, 0.6) is 0 Å². The molecule has 0 spiro atoms. The second kappa shape index (κ2) is 9.39. The van der Waals surface area contributed by atoms with Crippen molar-refractivity contribution in [2.75, 3.05) is 13.2 Å². The van der Waals surface area contributed by atoms with E-state index in [2.05, 4.69) is 25.4 Å². The van der Waals surface area contributed by atoms with Crippen LogP contribution in [0.3, 0.4) is 0 Å². The third-order valence-electron chi connectivity index (χ3n) is 5.20. The number of ether oxygens (including phenoxy) is 2. The Hall–Kier alpha value is -1.90. The van der Waals surface area contributed by atoms with Gasteiger partial charge in [-0.2, -0.15) is 26.3 Å². The van der Waals surface area contributed by atoms with Crippen molar-refractivity contribution in [3.05, 3.63) is 34.3 Å². The summed E-state index contributed by atoms with van der Waals surface area (Å²) in [5, 5.41) is 21.8. The van der Waals surface area contributed by atoms with Gasteiger partial charge in [0.15, 0.2) is 0 Å². The van der Waals surface area contributed by atoms with Crippen molar-refractivity contribution in [1.29, 1.82) is 0 Å². The fourth-order valence-corrected chi connectivity index (χ4v) is 4.09. The Morgan fingerprint density at radius 2 is 1.27 bits per heavy atom. The number of benzene rings is 1. The highest BCUT2D eigenvalue weighted by Crippen LogP contribution is 2.55. The first-order valence-electron chi connectivity index (χ1n) is 9.51. The van der Waals surface area contributed by atoms with E-state index in [1.807, 2.05) is 0 Å². The summed E-state index contributed by atoms with van der Waals surface area (Å²) in [5.41, 5.74) is -9.66. The predicted molar refractivity (Wildman–Crippen MR) is 102 cm³/mol. The van der Waals surface area contributed by atoms with Gasteiger partial charge in [0.25, 0.3) is 0 Å². The largest absolute Gasteiger partial charge is 0.466 e. The quantitative estimate of drug-likeness (QED) is 0.381. The summed E-state index contributed by atoms with van der Waals surface area (Å²) in [6.45, 7) is 1.49. The summed E-state index contributed by atoms with van der Waals surface area (Å²) in [4.78, 5) is 25.3. The molecule has 1 saturated heterocycles. The lowest BCUT2D eigenvalue weighted by Gasteiger charge is -2.54. The molecule has 0 bridgehead atoms. The monoisotopic (exact) mass is 551 g/mol. The molecule has 0 saturated carbocycles. The first kappa shape index (κ1) is 27.3. The van der Waals surface area contributed by atoms with Crippen LogP contribution in [0.4, 0.5) is 26.3 Å². The number of rotatable bonds is 5. The lowest BCUT2D eigenvalue weighted by atomic mass is 9.64. The van der Waals surface area contributed by atoms with Gasteiger partial charge in [0.05, 0.1) is 13.2 Å². The SMILES string of the molecule is CCOC(=O)[C@@H]1C(c2ccc(Br)cc2)[C@H](C(=O)OCC)[C@@](O)(C(F)(F)F)N[C@@]1(O)C(F)(F)F. The predicted octanol–water partition coefficient (Wildman–Crippen LogP) is 3.00. The van der Waals surface area contributed by atoms with Crippen LogP contribution in [-0.2, 0) is 19.1 Å². The average Bonchev–Trinajstić information content (AvgIpc) is 2.66. The lowest BCUT2D eigenvalue weighted by Crippen LogP contribution is -2.81. The number of hydrogen-bond donors (Lipinski definition) is 3. The molecule has 7 nitrogen and oxygen atoms in total. The zero-order valence-electron chi connectivity index (χ0n) is 17.1.